The Morgan fingerprint density at radius 1 is 1.44 bits per heavy atom. The molecular weight excluding hydrogens is 232 g/mol. The van der Waals surface area contributed by atoms with Crippen molar-refractivity contribution in [2.75, 3.05) is 7.11 Å². The summed E-state index contributed by atoms with van der Waals surface area (Å²) >= 11 is 0. The third-order valence-electron chi connectivity index (χ3n) is 3.60. The Bertz CT molecular complexity index is 454. The Kier molecular flexibility index (Phi) is 3.52. The summed E-state index contributed by atoms with van der Waals surface area (Å²) < 4.78 is 4.98. The molecule has 0 spiro atoms. The van der Waals surface area contributed by atoms with Crippen LogP contribution in [-0.2, 0) is 6.42 Å². The summed E-state index contributed by atoms with van der Waals surface area (Å²) in [5.74, 6) is 0.293. The molecule has 0 atom stereocenters. The molecule has 1 aromatic carbocycles. The predicted octanol–water partition coefficient (Wildman–Crippen LogP) is 2.42. The average Bonchev–Trinajstić information content (AvgIpc) is 2.75. The molecule has 18 heavy (non-hydrogen) atoms. The first-order chi connectivity index (χ1) is 8.54. The second-order valence-electron chi connectivity index (χ2n) is 5.01. The molecule has 1 aliphatic rings. The molecule has 1 saturated carbocycles. The van der Waals surface area contributed by atoms with Crippen LogP contribution in [0.4, 0.5) is 5.69 Å². The Morgan fingerprint density at radius 3 is 2.67 bits per heavy atom. The molecule has 0 saturated heterocycles. The Morgan fingerprint density at radius 2 is 2.11 bits per heavy atom. The van der Waals surface area contributed by atoms with Gasteiger partial charge in [0, 0.05) is 11.6 Å². The summed E-state index contributed by atoms with van der Waals surface area (Å²) in [5, 5.41) is 10.9. The fourth-order valence-corrected chi connectivity index (χ4v) is 2.65. The second kappa shape index (κ2) is 4.94. The van der Waals surface area contributed by atoms with E-state index in [0.717, 1.165) is 31.2 Å². The number of hydrogen-bond donors (Lipinski definition) is 1. The van der Waals surface area contributed by atoms with Crippen molar-refractivity contribution in [1.29, 1.82) is 0 Å². The minimum Gasteiger partial charge on any atom is -0.490 e. The summed E-state index contributed by atoms with van der Waals surface area (Å²) in [6.07, 6.45) is 4.97. The van der Waals surface area contributed by atoms with Crippen LogP contribution in [0.5, 0.6) is 5.75 Å². The van der Waals surface area contributed by atoms with E-state index < -0.39 is 4.92 Å². The van der Waals surface area contributed by atoms with E-state index in [2.05, 4.69) is 0 Å². The lowest BCUT2D eigenvalue weighted by Gasteiger charge is -2.23. The molecule has 1 aliphatic carbocycles. The highest BCUT2D eigenvalue weighted by molar-refractivity contribution is 5.49. The van der Waals surface area contributed by atoms with Gasteiger partial charge in [0.25, 0.3) is 0 Å². The molecule has 0 bridgehead atoms. The molecule has 5 heteroatoms. The van der Waals surface area contributed by atoms with Crippen molar-refractivity contribution in [3.8, 4) is 5.75 Å². The van der Waals surface area contributed by atoms with Crippen LogP contribution in [-0.4, -0.2) is 17.6 Å². The fraction of sp³-hybridized carbons (Fsp3) is 0.538. The number of nitrogens with zero attached hydrogens (tertiary/aromatic N) is 1. The van der Waals surface area contributed by atoms with E-state index in [1.807, 2.05) is 6.07 Å². The zero-order valence-electron chi connectivity index (χ0n) is 10.5. The molecule has 98 valence electrons. The number of nitro groups is 1. The maximum Gasteiger partial charge on any atom is 0.311 e. The molecular formula is C13H18N2O3. The van der Waals surface area contributed by atoms with Gasteiger partial charge in [0.15, 0.2) is 5.75 Å². The Balaban J connectivity index is 2.24. The van der Waals surface area contributed by atoms with E-state index in [4.69, 9.17) is 10.5 Å². The molecule has 1 fully saturated rings. The number of nitro benzene ring substituents is 1. The Labute approximate surface area is 106 Å². The third kappa shape index (κ3) is 2.61. The van der Waals surface area contributed by atoms with E-state index in [0.29, 0.717) is 12.2 Å². The summed E-state index contributed by atoms with van der Waals surface area (Å²) in [6.45, 7) is 0. The standard InChI is InChI=1S/C13H18N2O3/c1-18-12-5-4-10(8-11(12)15(16)17)9-13(14)6-2-3-7-13/h4-5,8H,2-3,6-7,9,14H2,1H3. The van der Waals surface area contributed by atoms with Crippen LogP contribution in [0.25, 0.3) is 0 Å². The van der Waals surface area contributed by atoms with Gasteiger partial charge in [-0.1, -0.05) is 18.9 Å². The molecule has 0 heterocycles. The number of ether oxygens (including phenoxy) is 1. The molecule has 0 aromatic heterocycles. The van der Waals surface area contributed by atoms with Crippen LogP contribution >= 0.6 is 0 Å². The Hall–Kier alpha value is -1.62. The second-order valence-corrected chi connectivity index (χ2v) is 5.01. The SMILES string of the molecule is COc1ccc(CC2(N)CCCC2)cc1[N+](=O)[O-]. The van der Waals surface area contributed by atoms with Gasteiger partial charge in [0.1, 0.15) is 0 Å². The molecule has 0 aliphatic heterocycles. The fourth-order valence-electron chi connectivity index (χ4n) is 2.65. The molecule has 0 unspecified atom stereocenters. The molecule has 5 nitrogen and oxygen atoms in total. The lowest BCUT2D eigenvalue weighted by atomic mass is 9.90. The molecule has 0 radical (unpaired) electrons. The quantitative estimate of drug-likeness (QED) is 0.657. The highest BCUT2D eigenvalue weighted by atomic mass is 16.6. The van der Waals surface area contributed by atoms with E-state index >= 15 is 0 Å². The minimum absolute atomic E-state index is 0.0107. The van der Waals surface area contributed by atoms with Gasteiger partial charge in [-0.15, -0.1) is 0 Å². The van der Waals surface area contributed by atoms with Gasteiger partial charge >= 0.3 is 5.69 Å². The van der Waals surface area contributed by atoms with Gasteiger partial charge in [0.05, 0.1) is 12.0 Å². The van der Waals surface area contributed by atoms with Crippen LogP contribution in [0.3, 0.4) is 0 Å². The number of hydrogen-bond acceptors (Lipinski definition) is 4. The average molecular weight is 250 g/mol. The zero-order valence-corrected chi connectivity index (χ0v) is 10.5. The van der Waals surface area contributed by atoms with Crippen molar-refractivity contribution in [1.82, 2.24) is 0 Å². The number of methoxy groups -OCH3 is 1. The molecule has 2 rings (SSSR count). The smallest absolute Gasteiger partial charge is 0.311 e. The summed E-state index contributed by atoms with van der Waals surface area (Å²) in [4.78, 5) is 10.5. The van der Waals surface area contributed by atoms with Crippen LogP contribution in [0.2, 0.25) is 0 Å². The first-order valence-corrected chi connectivity index (χ1v) is 6.14. The monoisotopic (exact) mass is 250 g/mol. The van der Waals surface area contributed by atoms with Crippen molar-refractivity contribution < 1.29 is 9.66 Å². The maximum atomic E-state index is 10.9. The highest BCUT2D eigenvalue weighted by Gasteiger charge is 2.30. The van der Waals surface area contributed by atoms with Crippen LogP contribution in [0.1, 0.15) is 31.2 Å². The molecule has 0 amide bonds. The highest BCUT2D eigenvalue weighted by Crippen LogP contribution is 2.33. The van der Waals surface area contributed by atoms with E-state index in [1.54, 1.807) is 12.1 Å². The van der Waals surface area contributed by atoms with Crippen LogP contribution in [0.15, 0.2) is 18.2 Å². The topological polar surface area (TPSA) is 78.4 Å². The van der Waals surface area contributed by atoms with Gasteiger partial charge in [-0.3, -0.25) is 10.1 Å². The number of benzene rings is 1. The van der Waals surface area contributed by atoms with Crippen molar-refractivity contribution in [3.63, 3.8) is 0 Å². The lowest BCUT2D eigenvalue weighted by molar-refractivity contribution is -0.385. The van der Waals surface area contributed by atoms with Gasteiger partial charge in [-0.25, -0.2) is 0 Å². The van der Waals surface area contributed by atoms with E-state index in [-0.39, 0.29) is 11.2 Å². The summed E-state index contributed by atoms with van der Waals surface area (Å²) in [6, 6.07) is 5.08. The lowest BCUT2D eigenvalue weighted by Crippen LogP contribution is -2.38. The minimum atomic E-state index is -0.416. The first kappa shape index (κ1) is 12.8. The maximum absolute atomic E-state index is 10.9. The van der Waals surface area contributed by atoms with Crippen LogP contribution in [0, 0.1) is 10.1 Å². The zero-order chi connectivity index (χ0) is 13.2. The van der Waals surface area contributed by atoms with Crippen molar-refractivity contribution in [2.45, 2.75) is 37.6 Å². The largest absolute Gasteiger partial charge is 0.490 e. The van der Waals surface area contributed by atoms with Gasteiger partial charge in [-0.05, 0) is 30.9 Å². The van der Waals surface area contributed by atoms with Gasteiger partial charge in [0.2, 0.25) is 0 Å². The predicted molar refractivity (Wildman–Crippen MR) is 68.7 cm³/mol. The summed E-state index contributed by atoms with van der Waals surface area (Å²) in [7, 11) is 1.43. The van der Waals surface area contributed by atoms with E-state index in [9.17, 15) is 10.1 Å². The number of nitrogens with two attached hydrogens (primary N) is 1. The first-order valence-electron chi connectivity index (χ1n) is 6.14. The third-order valence-corrected chi connectivity index (χ3v) is 3.60. The van der Waals surface area contributed by atoms with Crippen LogP contribution < -0.4 is 10.5 Å². The molecule has 2 N–H and O–H groups in total. The van der Waals surface area contributed by atoms with Gasteiger partial charge < -0.3 is 10.5 Å². The van der Waals surface area contributed by atoms with Gasteiger partial charge in [-0.2, -0.15) is 0 Å². The van der Waals surface area contributed by atoms with E-state index in [1.165, 1.54) is 7.11 Å². The van der Waals surface area contributed by atoms with Crippen molar-refractivity contribution >= 4 is 5.69 Å². The summed E-state index contributed by atoms with van der Waals surface area (Å²) in [5.41, 5.74) is 7.01. The molecule has 1 aromatic rings. The number of rotatable bonds is 4. The van der Waals surface area contributed by atoms with Crippen molar-refractivity contribution in [2.24, 2.45) is 5.73 Å². The normalized spacial score (nSPS) is 17.7. The van der Waals surface area contributed by atoms with Crippen molar-refractivity contribution in [3.05, 3.63) is 33.9 Å².